The van der Waals surface area contributed by atoms with Crippen molar-refractivity contribution in [2.45, 2.75) is 13.8 Å². The summed E-state index contributed by atoms with van der Waals surface area (Å²) < 4.78 is 4.73. The van der Waals surface area contributed by atoms with Crippen LogP contribution in [0.3, 0.4) is 0 Å². The Bertz CT molecular complexity index is 901. The number of hydrogen-bond donors (Lipinski definition) is 2. The molecule has 0 atom stereocenters. The van der Waals surface area contributed by atoms with Crippen molar-refractivity contribution >= 4 is 40.8 Å². The van der Waals surface area contributed by atoms with E-state index in [-0.39, 0.29) is 30.5 Å². The number of esters is 1. The number of rotatable bonds is 8. The molecule has 0 aromatic heterocycles. The van der Waals surface area contributed by atoms with Gasteiger partial charge in [-0.3, -0.25) is 14.5 Å². The maximum Gasteiger partial charge on any atom is 0.339 e. The van der Waals surface area contributed by atoms with Gasteiger partial charge >= 0.3 is 5.97 Å². The van der Waals surface area contributed by atoms with Crippen molar-refractivity contribution < 1.29 is 19.1 Å². The first-order valence-electron chi connectivity index (χ1n) is 9.09. The second-order valence-electron chi connectivity index (χ2n) is 6.40. The van der Waals surface area contributed by atoms with E-state index in [2.05, 4.69) is 10.6 Å². The summed E-state index contributed by atoms with van der Waals surface area (Å²) in [5, 5.41) is 6.04. The minimum Gasteiger partial charge on any atom is -0.465 e. The van der Waals surface area contributed by atoms with Crippen molar-refractivity contribution in [3.63, 3.8) is 0 Å². The molecule has 0 saturated carbocycles. The molecule has 2 N–H and O–H groups in total. The number of carbonyl (C=O) groups excluding carboxylic acids is 3. The molecule has 2 aromatic carbocycles. The van der Waals surface area contributed by atoms with Crippen molar-refractivity contribution in [1.29, 1.82) is 0 Å². The van der Waals surface area contributed by atoms with E-state index >= 15 is 0 Å². The number of hydrogen-bond acceptors (Lipinski definition) is 5. The summed E-state index contributed by atoms with van der Waals surface area (Å²) in [6.07, 6.45) is 0. The Balaban J connectivity index is 1.97. The summed E-state index contributed by atoms with van der Waals surface area (Å²) >= 11 is 5.98. The molecule has 0 radical (unpaired) electrons. The highest BCUT2D eigenvalue weighted by Gasteiger charge is 2.17. The number of benzene rings is 2. The lowest BCUT2D eigenvalue weighted by atomic mass is 10.2. The molecule has 29 heavy (non-hydrogen) atoms. The fourth-order valence-electron chi connectivity index (χ4n) is 2.67. The third-order valence-electron chi connectivity index (χ3n) is 4.26. The average Bonchev–Trinajstić information content (AvgIpc) is 2.70. The molecule has 0 fully saturated rings. The predicted molar refractivity (Wildman–Crippen MR) is 113 cm³/mol. The Hall–Kier alpha value is -2.90. The topological polar surface area (TPSA) is 87.7 Å². The average molecular weight is 418 g/mol. The highest BCUT2D eigenvalue weighted by atomic mass is 35.5. The van der Waals surface area contributed by atoms with Gasteiger partial charge in [-0.2, -0.15) is 0 Å². The minimum atomic E-state index is -0.537. The van der Waals surface area contributed by atoms with E-state index in [1.54, 1.807) is 41.3 Å². The minimum absolute atomic E-state index is 0.00600. The van der Waals surface area contributed by atoms with E-state index in [1.807, 2.05) is 19.9 Å². The zero-order valence-electron chi connectivity index (χ0n) is 16.6. The molecule has 154 valence electrons. The molecular weight excluding hydrogens is 394 g/mol. The summed E-state index contributed by atoms with van der Waals surface area (Å²) in [6, 6.07) is 11.8. The summed E-state index contributed by atoms with van der Waals surface area (Å²) in [5.74, 6) is -1.13. The maximum absolute atomic E-state index is 12.4. The highest BCUT2D eigenvalue weighted by molar-refractivity contribution is 6.31. The number of likely N-dealkylation sites (N-methyl/N-ethyl adjacent to an activating group) is 1. The molecule has 0 aliphatic heterocycles. The number of para-hydroxylation sites is 1. The number of anilines is 2. The molecule has 0 bridgehead atoms. The summed E-state index contributed by atoms with van der Waals surface area (Å²) in [7, 11) is 1.28. The van der Waals surface area contributed by atoms with E-state index in [1.165, 1.54) is 7.11 Å². The molecule has 0 saturated heterocycles. The van der Waals surface area contributed by atoms with Gasteiger partial charge in [0.15, 0.2) is 0 Å². The highest BCUT2D eigenvalue weighted by Crippen LogP contribution is 2.20. The Labute approximate surface area is 175 Å². The fraction of sp³-hybridized carbons (Fsp3) is 0.286. The monoisotopic (exact) mass is 417 g/mol. The Kier molecular flexibility index (Phi) is 8.18. The van der Waals surface area contributed by atoms with Crippen molar-refractivity contribution in [1.82, 2.24) is 4.90 Å². The Morgan fingerprint density at radius 1 is 1.00 bits per heavy atom. The lowest BCUT2D eigenvalue weighted by Crippen LogP contribution is -2.38. The first-order valence-corrected chi connectivity index (χ1v) is 9.47. The van der Waals surface area contributed by atoms with Crippen LogP contribution in [0.25, 0.3) is 0 Å². The van der Waals surface area contributed by atoms with Crippen LogP contribution < -0.4 is 10.6 Å². The number of amides is 2. The first-order chi connectivity index (χ1) is 13.8. The Morgan fingerprint density at radius 2 is 1.62 bits per heavy atom. The summed E-state index contributed by atoms with van der Waals surface area (Å²) in [5.41, 5.74) is 2.15. The third kappa shape index (κ3) is 6.58. The first kappa shape index (κ1) is 22.4. The zero-order chi connectivity index (χ0) is 21.4. The fourth-order valence-corrected chi connectivity index (χ4v) is 2.85. The third-order valence-corrected chi connectivity index (χ3v) is 4.50. The van der Waals surface area contributed by atoms with Crippen LogP contribution >= 0.6 is 11.6 Å². The van der Waals surface area contributed by atoms with E-state index in [0.29, 0.717) is 22.9 Å². The smallest absolute Gasteiger partial charge is 0.339 e. The molecule has 2 rings (SSSR count). The van der Waals surface area contributed by atoms with E-state index in [0.717, 1.165) is 5.56 Å². The number of nitrogens with one attached hydrogen (secondary N) is 2. The number of carbonyl (C=O) groups is 3. The lowest BCUT2D eigenvalue weighted by Gasteiger charge is -2.20. The number of ether oxygens (including phenoxy) is 1. The van der Waals surface area contributed by atoms with Gasteiger partial charge in [-0.15, -0.1) is 0 Å². The van der Waals surface area contributed by atoms with Crippen molar-refractivity contribution in [3.8, 4) is 0 Å². The van der Waals surface area contributed by atoms with Crippen LogP contribution in [0.5, 0.6) is 0 Å². The van der Waals surface area contributed by atoms with Crippen molar-refractivity contribution in [3.05, 3.63) is 58.6 Å². The normalized spacial score (nSPS) is 10.5. The summed E-state index contributed by atoms with van der Waals surface area (Å²) in [6.45, 7) is 4.25. The standard InChI is InChI=1S/C21H24ClN3O4/c1-4-25(13-20(27)24-18-11-15(22)10-9-14(18)2)12-19(26)23-17-8-6-5-7-16(17)21(28)29-3/h5-11H,4,12-13H2,1-3H3,(H,23,26)(H,24,27). The molecule has 0 unspecified atom stereocenters. The molecule has 0 heterocycles. The lowest BCUT2D eigenvalue weighted by molar-refractivity contribution is -0.119. The molecule has 2 aromatic rings. The van der Waals surface area contributed by atoms with Crippen LogP contribution in [0.1, 0.15) is 22.8 Å². The molecule has 2 amide bonds. The van der Waals surface area contributed by atoms with Crippen molar-refractivity contribution in [2.24, 2.45) is 0 Å². The van der Waals surface area contributed by atoms with Crippen molar-refractivity contribution in [2.75, 3.05) is 37.4 Å². The van der Waals surface area contributed by atoms with Gasteiger partial charge in [-0.05, 0) is 43.3 Å². The number of methoxy groups -OCH3 is 1. The molecule has 0 spiro atoms. The quantitative estimate of drug-likeness (QED) is 0.643. The van der Waals surface area contributed by atoms with Gasteiger partial charge in [-0.1, -0.05) is 36.7 Å². The molecule has 0 aliphatic rings. The Morgan fingerprint density at radius 3 is 2.24 bits per heavy atom. The molecule has 0 aliphatic carbocycles. The van der Waals surface area contributed by atoms with Crippen LogP contribution in [0.4, 0.5) is 11.4 Å². The van der Waals surface area contributed by atoms with Gasteiger partial charge in [0, 0.05) is 10.7 Å². The van der Waals surface area contributed by atoms with Gasteiger partial charge < -0.3 is 15.4 Å². The van der Waals surface area contributed by atoms with E-state index < -0.39 is 5.97 Å². The van der Waals surface area contributed by atoms with Crippen LogP contribution in [0, 0.1) is 6.92 Å². The molecule has 8 heteroatoms. The van der Waals surface area contributed by atoms with Gasteiger partial charge in [0.05, 0.1) is 31.5 Å². The van der Waals surface area contributed by atoms with Crippen LogP contribution in [-0.2, 0) is 14.3 Å². The van der Waals surface area contributed by atoms with Gasteiger partial charge in [0.25, 0.3) is 0 Å². The second-order valence-corrected chi connectivity index (χ2v) is 6.83. The second kappa shape index (κ2) is 10.6. The molecule has 7 nitrogen and oxygen atoms in total. The maximum atomic E-state index is 12.4. The SMILES string of the molecule is CCN(CC(=O)Nc1cc(Cl)ccc1C)CC(=O)Nc1ccccc1C(=O)OC. The van der Waals surface area contributed by atoms with E-state index in [4.69, 9.17) is 16.3 Å². The summed E-state index contributed by atoms with van der Waals surface area (Å²) in [4.78, 5) is 38.3. The van der Waals surface area contributed by atoms with Crippen LogP contribution in [0.2, 0.25) is 5.02 Å². The van der Waals surface area contributed by atoms with E-state index in [9.17, 15) is 14.4 Å². The number of halogens is 1. The van der Waals surface area contributed by atoms with Crippen LogP contribution in [0.15, 0.2) is 42.5 Å². The number of aryl methyl sites for hydroxylation is 1. The number of nitrogens with zero attached hydrogens (tertiary/aromatic N) is 1. The van der Waals surface area contributed by atoms with Gasteiger partial charge in [0.1, 0.15) is 0 Å². The predicted octanol–water partition coefficient (Wildman–Crippen LogP) is 3.33. The van der Waals surface area contributed by atoms with Gasteiger partial charge in [-0.25, -0.2) is 4.79 Å². The molecular formula is C21H24ClN3O4. The zero-order valence-corrected chi connectivity index (χ0v) is 17.4. The van der Waals surface area contributed by atoms with Crippen LogP contribution in [-0.4, -0.2) is 49.4 Å². The van der Waals surface area contributed by atoms with Gasteiger partial charge in [0.2, 0.25) is 11.8 Å². The largest absolute Gasteiger partial charge is 0.465 e.